The molecule has 0 N–H and O–H groups in total. The first-order valence-corrected chi connectivity index (χ1v) is 9.54. The molecular formula is C21H25N3O3. The molecule has 142 valence electrons. The molecule has 4 rings (SSSR count). The lowest BCUT2D eigenvalue weighted by molar-refractivity contribution is -0.148. The Kier molecular flexibility index (Phi) is 5.07. The van der Waals surface area contributed by atoms with Gasteiger partial charge in [0.1, 0.15) is 18.0 Å². The SMILES string of the molecule is Cc1cc(OC2CCCN(C(=O)C3Cc4ccccc4CO3)C2)nc(C)n1. The van der Waals surface area contributed by atoms with Crippen molar-refractivity contribution in [1.29, 1.82) is 0 Å². The average molecular weight is 367 g/mol. The van der Waals surface area contributed by atoms with Crippen molar-refractivity contribution in [3.8, 4) is 5.88 Å². The Bertz CT molecular complexity index is 819. The highest BCUT2D eigenvalue weighted by atomic mass is 16.5. The molecule has 3 heterocycles. The molecule has 0 radical (unpaired) electrons. The Morgan fingerprint density at radius 1 is 1.22 bits per heavy atom. The maximum Gasteiger partial charge on any atom is 0.252 e. The molecule has 0 bridgehead atoms. The summed E-state index contributed by atoms with van der Waals surface area (Å²) < 4.78 is 11.9. The van der Waals surface area contributed by atoms with Gasteiger partial charge >= 0.3 is 0 Å². The van der Waals surface area contributed by atoms with Crippen molar-refractivity contribution in [1.82, 2.24) is 14.9 Å². The predicted octanol–water partition coefficient (Wildman–Crippen LogP) is 2.60. The summed E-state index contributed by atoms with van der Waals surface area (Å²) in [7, 11) is 0. The van der Waals surface area contributed by atoms with Gasteiger partial charge in [0, 0.05) is 24.7 Å². The molecule has 6 heteroatoms. The number of piperidine rings is 1. The van der Waals surface area contributed by atoms with Gasteiger partial charge < -0.3 is 14.4 Å². The Hall–Kier alpha value is -2.47. The van der Waals surface area contributed by atoms with Gasteiger partial charge in [-0.15, -0.1) is 0 Å². The van der Waals surface area contributed by atoms with E-state index in [4.69, 9.17) is 9.47 Å². The molecule has 6 nitrogen and oxygen atoms in total. The molecule has 2 unspecified atom stereocenters. The summed E-state index contributed by atoms with van der Waals surface area (Å²) in [6.07, 6.45) is 2.03. The molecule has 1 fully saturated rings. The number of aromatic nitrogens is 2. The van der Waals surface area contributed by atoms with Gasteiger partial charge in [0.25, 0.3) is 5.91 Å². The average Bonchev–Trinajstić information content (AvgIpc) is 2.66. The highest BCUT2D eigenvalue weighted by molar-refractivity contribution is 5.81. The zero-order valence-electron chi connectivity index (χ0n) is 15.9. The molecule has 2 atom stereocenters. The number of hydrogen-bond acceptors (Lipinski definition) is 5. The number of fused-ring (bicyclic) bond motifs is 1. The van der Waals surface area contributed by atoms with Gasteiger partial charge in [-0.2, -0.15) is 4.98 Å². The lowest BCUT2D eigenvalue weighted by Crippen LogP contribution is -2.49. The molecule has 1 amide bonds. The van der Waals surface area contributed by atoms with E-state index in [2.05, 4.69) is 22.1 Å². The second-order valence-corrected chi connectivity index (χ2v) is 7.33. The van der Waals surface area contributed by atoms with Crippen LogP contribution in [0, 0.1) is 13.8 Å². The van der Waals surface area contributed by atoms with Crippen LogP contribution in [-0.2, 0) is 22.6 Å². The lowest BCUT2D eigenvalue weighted by atomic mass is 9.98. The number of likely N-dealkylation sites (tertiary alicyclic amines) is 1. The number of benzene rings is 1. The highest BCUT2D eigenvalue weighted by Crippen LogP contribution is 2.24. The minimum atomic E-state index is -0.401. The van der Waals surface area contributed by atoms with Gasteiger partial charge in [0.15, 0.2) is 0 Å². The zero-order chi connectivity index (χ0) is 18.8. The second-order valence-electron chi connectivity index (χ2n) is 7.33. The van der Waals surface area contributed by atoms with Crippen LogP contribution in [0.2, 0.25) is 0 Å². The second kappa shape index (κ2) is 7.64. The van der Waals surface area contributed by atoms with Crippen LogP contribution in [-0.4, -0.2) is 46.1 Å². The fourth-order valence-electron chi connectivity index (χ4n) is 3.86. The molecule has 1 aromatic carbocycles. The quantitative estimate of drug-likeness (QED) is 0.834. The van der Waals surface area contributed by atoms with E-state index in [0.29, 0.717) is 31.3 Å². The molecule has 2 aliphatic heterocycles. The summed E-state index contributed by atoms with van der Waals surface area (Å²) in [6.45, 7) is 5.61. The monoisotopic (exact) mass is 367 g/mol. The van der Waals surface area contributed by atoms with E-state index in [0.717, 1.165) is 25.1 Å². The van der Waals surface area contributed by atoms with E-state index in [1.807, 2.05) is 36.9 Å². The van der Waals surface area contributed by atoms with E-state index in [1.54, 1.807) is 0 Å². The largest absolute Gasteiger partial charge is 0.472 e. The van der Waals surface area contributed by atoms with E-state index in [9.17, 15) is 4.79 Å². The van der Waals surface area contributed by atoms with Crippen LogP contribution in [0.5, 0.6) is 5.88 Å². The van der Waals surface area contributed by atoms with Crippen LogP contribution in [0.4, 0.5) is 0 Å². The van der Waals surface area contributed by atoms with E-state index in [1.165, 1.54) is 11.1 Å². The van der Waals surface area contributed by atoms with Gasteiger partial charge in [-0.1, -0.05) is 24.3 Å². The van der Waals surface area contributed by atoms with Crippen molar-refractivity contribution in [3.05, 3.63) is 53.0 Å². The fourth-order valence-corrected chi connectivity index (χ4v) is 3.86. The minimum absolute atomic E-state index is 0.0488. The van der Waals surface area contributed by atoms with Crippen molar-refractivity contribution < 1.29 is 14.3 Å². The highest BCUT2D eigenvalue weighted by Gasteiger charge is 2.32. The maximum atomic E-state index is 13.0. The van der Waals surface area contributed by atoms with Crippen molar-refractivity contribution >= 4 is 5.91 Å². The standard InChI is InChI=1S/C21H25N3O3/c1-14-10-20(23-15(2)22-14)27-18-8-5-9-24(12-18)21(25)19-11-16-6-3-4-7-17(16)13-26-19/h3-4,6-7,10,18-19H,5,8-9,11-13H2,1-2H3. The van der Waals surface area contributed by atoms with Crippen molar-refractivity contribution in [2.75, 3.05) is 13.1 Å². The Morgan fingerprint density at radius 3 is 2.85 bits per heavy atom. The minimum Gasteiger partial charge on any atom is -0.472 e. The van der Waals surface area contributed by atoms with Crippen LogP contribution in [0.1, 0.15) is 35.5 Å². The fraction of sp³-hybridized carbons (Fsp3) is 0.476. The van der Waals surface area contributed by atoms with Crippen LogP contribution < -0.4 is 4.74 Å². The molecule has 0 spiro atoms. The lowest BCUT2D eigenvalue weighted by Gasteiger charge is -2.35. The summed E-state index contributed by atoms with van der Waals surface area (Å²) in [4.78, 5) is 23.5. The molecule has 0 saturated carbocycles. The molecule has 0 aliphatic carbocycles. The van der Waals surface area contributed by atoms with Crippen LogP contribution in [0.25, 0.3) is 0 Å². The first-order valence-electron chi connectivity index (χ1n) is 9.54. The summed E-state index contributed by atoms with van der Waals surface area (Å²) >= 11 is 0. The predicted molar refractivity (Wildman–Crippen MR) is 100 cm³/mol. The third-order valence-corrected chi connectivity index (χ3v) is 5.16. The summed E-state index contributed by atoms with van der Waals surface area (Å²) in [5.74, 6) is 1.35. The zero-order valence-corrected chi connectivity index (χ0v) is 15.9. The molecule has 1 aromatic heterocycles. The number of hydrogen-bond donors (Lipinski definition) is 0. The number of carbonyl (C=O) groups excluding carboxylic acids is 1. The topological polar surface area (TPSA) is 64.5 Å². The Labute approximate surface area is 159 Å². The van der Waals surface area contributed by atoms with Crippen LogP contribution in [0.15, 0.2) is 30.3 Å². The summed E-state index contributed by atoms with van der Waals surface area (Å²) in [6, 6.07) is 10.0. The van der Waals surface area contributed by atoms with E-state index < -0.39 is 6.10 Å². The number of amides is 1. The van der Waals surface area contributed by atoms with Crippen molar-refractivity contribution in [3.63, 3.8) is 0 Å². The van der Waals surface area contributed by atoms with Crippen LogP contribution in [0.3, 0.4) is 0 Å². The number of rotatable bonds is 3. The molecule has 27 heavy (non-hydrogen) atoms. The van der Waals surface area contributed by atoms with Gasteiger partial charge in [-0.25, -0.2) is 4.98 Å². The molecular weight excluding hydrogens is 342 g/mol. The van der Waals surface area contributed by atoms with E-state index in [-0.39, 0.29) is 12.0 Å². The summed E-state index contributed by atoms with van der Waals surface area (Å²) in [5, 5.41) is 0. The van der Waals surface area contributed by atoms with E-state index >= 15 is 0 Å². The van der Waals surface area contributed by atoms with Crippen LogP contribution >= 0.6 is 0 Å². The van der Waals surface area contributed by atoms with Gasteiger partial charge in [0.05, 0.1) is 13.2 Å². The Morgan fingerprint density at radius 2 is 2.04 bits per heavy atom. The maximum absolute atomic E-state index is 13.0. The normalized spacial score (nSPS) is 22.2. The molecule has 2 aromatic rings. The molecule has 2 aliphatic rings. The first kappa shape index (κ1) is 17.9. The first-order chi connectivity index (χ1) is 13.1. The van der Waals surface area contributed by atoms with Gasteiger partial charge in [-0.3, -0.25) is 4.79 Å². The Balaban J connectivity index is 1.40. The number of carbonyl (C=O) groups is 1. The third-order valence-electron chi connectivity index (χ3n) is 5.16. The smallest absolute Gasteiger partial charge is 0.252 e. The number of nitrogens with zero attached hydrogens (tertiary/aromatic N) is 3. The van der Waals surface area contributed by atoms with Gasteiger partial charge in [-0.05, 0) is 37.8 Å². The van der Waals surface area contributed by atoms with Crippen molar-refractivity contribution in [2.45, 2.75) is 51.9 Å². The van der Waals surface area contributed by atoms with Gasteiger partial charge in [0.2, 0.25) is 5.88 Å². The summed E-state index contributed by atoms with van der Waals surface area (Å²) in [5.41, 5.74) is 3.27. The number of ether oxygens (including phenoxy) is 2. The van der Waals surface area contributed by atoms with Crippen molar-refractivity contribution in [2.24, 2.45) is 0 Å². The molecule has 1 saturated heterocycles. The number of aryl methyl sites for hydroxylation is 2. The third kappa shape index (κ3) is 4.11.